The molecule has 2 rings (SSSR count). The molecule has 102 valence electrons. The molecule has 1 nitrogen and oxygen atoms in total. The summed E-state index contributed by atoms with van der Waals surface area (Å²) in [4.78, 5) is 1.29. The summed E-state index contributed by atoms with van der Waals surface area (Å²) in [5.74, 6) is 0. The van der Waals surface area contributed by atoms with Gasteiger partial charge in [-0.3, -0.25) is 0 Å². The molecule has 1 aromatic carbocycles. The number of aryl methyl sites for hydroxylation is 2. The third kappa shape index (κ3) is 3.32. The largest absolute Gasteiger partial charge is 0.306 e. The van der Waals surface area contributed by atoms with Crippen molar-refractivity contribution in [3.63, 3.8) is 0 Å². The number of nitrogens with one attached hydrogen (secondary N) is 1. The molecule has 0 aliphatic rings. The fourth-order valence-electron chi connectivity index (χ4n) is 2.09. The molecule has 1 unspecified atom stereocenters. The first-order valence-corrected chi connectivity index (χ1v) is 8.56. The standard InChI is InChI=1S/C15H17ClINS/c1-4-18-14(12-8-10(3)15(16)19-12)11-7-5-6-9(2)13(11)17/h5-8,14,18H,4H2,1-3H3. The first kappa shape index (κ1) is 15.3. The summed E-state index contributed by atoms with van der Waals surface area (Å²) in [6, 6.07) is 8.90. The molecule has 1 N–H and O–H groups in total. The highest BCUT2D eigenvalue weighted by atomic mass is 127. The predicted octanol–water partition coefficient (Wildman–Crippen LogP) is 5.32. The van der Waals surface area contributed by atoms with Crippen molar-refractivity contribution in [1.82, 2.24) is 5.32 Å². The van der Waals surface area contributed by atoms with Crippen LogP contribution >= 0.6 is 45.5 Å². The van der Waals surface area contributed by atoms with Crippen LogP contribution in [0, 0.1) is 17.4 Å². The van der Waals surface area contributed by atoms with E-state index >= 15 is 0 Å². The maximum absolute atomic E-state index is 6.22. The smallest absolute Gasteiger partial charge is 0.0961 e. The van der Waals surface area contributed by atoms with Gasteiger partial charge in [0.1, 0.15) is 0 Å². The van der Waals surface area contributed by atoms with Crippen molar-refractivity contribution in [2.75, 3.05) is 6.54 Å². The predicted molar refractivity (Wildman–Crippen MR) is 93.5 cm³/mol. The normalized spacial score (nSPS) is 12.7. The van der Waals surface area contributed by atoms with Gasteiger partial charge in [0.2, 0.25) is 0 Å². The number of benzene rings is 1. The molecule has 0 radical (unpaired) electrons. The number of halogens is 2. The number of hydrogen-bond acceptors (Lipinski definition) is 2. The van der Waals surface area contributed by atoms with E-state index in [1.165, 1.54) is 19.6 Å². The molecule has 1 heterocycles. The van der Waals surface area contributed by atoms with Gasteiger partial charge in [-0.2, -0.15) is 0 Å². The molecule has 0 saturated heterocycles. The Morgan fingerprint density at radius 3 is 2.63 bits per heavy atom. The van der Waals surface area contributed by atoms with Gasteiger partial charge in [-0.05, 0) is 65.7 Å². The molecular formula is C15H17ClINS. The van der Waals surface area contributed by atoms with E-state index in [4.69, 9.17) is 11.6 Å². The highest BCUT2D eigenvalue weighted by Gasteiger charge is 2.19. The van der Waals surface area contributed by atoms with Crippen molar-refractivity contribution in [2.24, 2.45) is 0 Å². The van der Waals surface area contributed by atoms with E-state index in [9.17, 15) is 0 Å². The van der Waals surface area contributed by atoms with Crippen LogP contribution < -0.4 is 5.32 Å². The molecule has 0 spiro atoms. The van der Waals surface area contributed by atoms with Crippen LogP contribution in [0.3, 0.4) is 0 Å². The van der Waals surface area contributed by atoms with Crippen molar-refractivity contribution in [3.8, 4) is 0 Å². The summed E-state index contributed by atoms with van der Waals surface area (Å²) in [6.45, 7) is 7.29. The quantitative estimate of drug-likeness (QED) is 0.679. The Kier molecular flexibility index (Phi) is 5.29. The first-order valence-electron chi connectivity index (χ1n) is 6.28. The maximum atomic E-state index is 6.22. The van der Waals surface area contributed by atoms with E-state index in [1.807, 2.05) is 0 Å². The van der Waals surface area contributed by atoms with Gasteiger partial charge in [-0.1, -0.05) is 36.7 Å². The fourth-order valence-corrected chi connectivity index (χ4v) is 4.07. The summed E-state index contributed by atoms with van der Waals surface area (Å²) in [5, 5.41) is 3.57. The molecule has 0 bridgehead atoms. The van der Waals surface area contributed by atoms with Crippen LogP contribution in [0.5, 0.6) is 0 Å². The molecule has 19 heavy (non-hydrogen) atoms. The Labute approximate surface area is 137 Å². The van der Waals surface area contributed by atoms with Gasteiger partial charge in [0, 0.05) is 8.45 Å². The number of rotatable bonds is 4. The maximum Gasteiger partial charge on any atom is 0.0961 e. The lowest BCUT2D eigenvalue weighted by Crippen LogP contribution is -2.22. The lowest BCUT2D eigenvalue weighted by atomic mass is 10.0. The van der Waals surface area contributed by atoms with Crippen LogP contribution in [0.25, 0.3) is 0 Å². The zero-order valence-electron chi connectivity index (χ0n) is 11.3. The molecule has 0 aliphatic carbocycles. The summed E-state index contributed by atoms with van der Waals surface area (Å²) in [7, 11) is 0. The topological polar surface area (TPSA) is 12.0 Å². The van der Waals surface area contributed by atoms with Crippen molar-refractivity contribution < 1.29 is 0 Å². The minimum absolute atomic E-state index is 0.230. The molecule has 2 aromatic rings. The summed E-state index contributed by atoms with van der Waals surface area (Å²) in [5.41, 5.74) is 3.81. The zero-order valence-corrected chi connectivity index (χ0v) is 15.0. The van der Waals surface area contributed by atoms with Crippen LogP contribution in [0.2, 0.25) is 4.34 Å². The fraction of sp³-hybridized carbons (Fsp3) is 0.333. The Morgan fingerprint density at radius 1 is 1.32 bits per heavy atom. The highest BCUT2D eigenvalue weighted by Crippen LogP contribution is 2.36. The average Bonchev–Trinajstić information content (AvgIpc) is 2.70. The van der Waals surface area contributed by atoms with Crippen LogP contribution in [0.4, 0.5) is 0 Å². The Morgan fingerprint density at radius 2 is 2.05 bits per heavy atom. The van der Waals surface area contributed by atoms with Crippen molar-refractivity contribution >= 4 is 45.5 Å². The third-order valence-corrected chi connectivity index (χ3v) is 6.20. The number of thiophene rings is 1. The van der Waals surface area contributed by atoms with E-state index in [1.54, 1.807) is 11.3 Å². The van der Waals surface area contributed by atoms with E-state index in [-0.39, 0.29) is 6.04 Å². The number of hydrogen-bond donors (Lipinski definition) is 1. The van der Waals surface area contributed by atoms with E-state index < -0.39 is 0 Å². The SMILES string of the molecule is CCNC(c1cc(C)c(Cl)s1)c1cccc(C)c1I. The second-order valence-electron chi connectivity index (χ2n) is 4.57. The van der Waals surface area contributed by atoms with E-state index in [2.05, 4.69) is 72.9 Å². The molecule has 1 atom stereocenters. The van der Waals surface area contributed by atoms with Gasteiger partial charge in [0.05, 0.1) is 10.4 Å². The van der Waals surface area contributed by atoms with E-state index in [0.717, 1.165) is 16.4 Å². The first-order chi connectivity index (χ1) is 9.04. The highest BCUT2D eigenvalue weighted by molar-refractivity contribution is 14.1. The second kappa shape index (κ2) is 6.57. The van der Waals surface area contributed by atoms with Crippen molar-refractivity contribution in [2.45, 2.75) is 26.8 Å². The molecule has 0 aliphatic heterocycles. The van der Waals surface area contributed by atoms with Crippen LogP contribution in [0.1, 0.15) is 34.5 Å². The second-order valence-corrected chi connectivity index (χ2v) is 7.34. The van der Waals surface area contributed by atoms with Gasteiger partial charge in [0.15, 0.2) is 0 Å². The zero-order chi connectivity index (χ0) is 14.0. The van der Waals surface area contributed by atoms with Crippen molar-refractivity contribution in [3.05, 3.63) is 53.7 Å². The lowest BCUT2D eigenvalue weighted by molar-refractivity contribution is 0.636. The van der Waals surface area contributed by atoms with E-state index in [0.29, 0.717) is 0 Å². The van der Waals surface area contributed by atoms with Crippen LogP contribution in [-0.4, -0.2) is 6.54 Å². The molecule has 4 heteroatoms. The Bertz CT molecular complexity index is 560. The third-order valence-electron chi connectivity index (χ3n) is 3.10. The van der Waals surface area contributed by atoms with Gasteiger partial charge in [-0.15, -0.1) is 11.3 Å². The molecular weight excluding hydrogens is 389 g/mol. The minimum atomic E-state index is 0.230. The van der Waals surface area contributed by atoms with Crippen LogP contribution in [0.15, 0.2) is 24.3 Å². The monoisotopic (exact) mass is 405 g/mol. The summed E-state index contributed by atoms with van der Waals surface area (Å²) >= 11 is 10.3. The molecule has 0 fully saturated rings. The molecule has 0 saturated carbocycles. The average molecular weight is 406 g/mol. The Hall–Kier alpha value is -0.100. The summed E-state index contributed by atoms with van der Waals surface area (Å²) in [6.07, 6.45) is 0. The molecule has 0 amide bonds. The van der Waals surface area contributed by atoms with Gasteiger partial charge < -0.3 is 5.32 Å². The van der Waals surface area contributed by atoms with Gasteiger partial charge in [0.25, 0.3) is 0 Å². The van der Waals surface area contributed by atoms with Gasteiger partial charge in [-0.25, -0.2) is 0 Å². The molecule has 1 aromatic heterocycles. The van der Waals surface area contributed by atoms with Crippen molar-refractivity contribution in [1.29, 1.82) is 0 Å². The Balaban J connectivity index is 2.48. The lowest BCUT2D eigenvalue weighted by Gasteiger charge is -2.19. The van der Waals surface area contributed by atoms with Gasteiger partial charge >= 0.3 is 0 Å². The minimum Gasteiger partial charge on any atom is -0.306 e. The summed E-state index contributed by atoms with van der Waals surface area (Å²) < 4.78 is 2.22. The van der Waals surface area contributed by atoms with Crippen LogP contribution in [-0.2, 0) is 0 Å².